The molecule has 4 rings (SSSR count). The zero-order valence-corrected chi connectivity index (χ0v) is 12.6. The van der Waals surface area contributed by atoms with Crippen molar-refractivity contribution in [2.45, 2.75) is 0 Å². The SMILES string of the molecule is COc1cc(-c2cnc3c(-c4ccsc4)cnn3c2)ccn1. The van der Waals surface area contributed by atoms with Crippen LogP contribution in [0, 0.1) is 0 Å². The fourth-order valence-corrected chi connectivity index (χ4v) is 3.00. The van der Waals surface area contributed by atoms with E-state index < -0.39 is 0 Å². The zero-order valence-electron chi connectivity index (χ0n) is 11.8. The van der Waals surface area contributed by atoms with Crippen molar-refractivity contribution in [3.05, 3.63) is 53.7 Å². The molecule has 0 fully saturated rings. The number of hydrogen-bond acceptors (Lipinski definition) is 5. The van der Waals surface area contributed by atoms with Gasteiger partial charge in [0.05, 0.1) is 13.3 Å². The second kappa shape index (κ2) is 5.23. The maximum Gasteiger partial charge on any atom is 0.213 e. The molecule has 6 heteroatoms. The summed E-state index contributed by atoms with van der Waals surface area (Å²) in [4.78, 5) is 8.69. The van der Waals surface area contributed by atoms with Gasteiger partial charge in [-0.15, -0.1) is 0 Å². The van der Waals surface area contributed by atoms with Crippen LogP contribution in [0.4, 0.5) is 0 Å². The summed E-state index contributed by atoms with van der Waals surface area (Å²) in [5.41, 5.74) is 5.00. The number of nitrogens with zero attached hydrogens (tertiary/aromatic N) is 4. The molecule has 0 saturated heterocycles. The van der Waals surface area contributed by atoms with Gasteiger partial charge in [0.15, 0.2) is 5.65 Å². The Balaban J connectivity index is 1.82. The first kappa shape index (κ1) is 13.0. The van der Waals surface area contributed by atoms with Crippen molar-refractivity contribution in [3.8, 4) is 28.1 Å². The molecule has 22 heavy (non-hydrogen) atoms. The number of methoxy groups -OCH3 is 1. The predicted molar refractivity (Wildman–Crippen MR) is 86.1 cm³/mol. The molecular formula is C16H12N4OS. The van der Waals surface area contributed by atoms with E-state index in [0.29, 0.717) is 5.88 Å². The fourth-order valence-electron chi connectivity index (χ4n) is 2.35. The van der Waals surface area contributed by atoms with E-state index in [1.54, 1.807) is 29.2 Å². The molecule has 0 radical (unpaired) electrons. The number of pyridine rings is 1. The molecule has 0 aliphatic heterocycles. The average molecular weight is 308 g/mol. The van der Waals surface area contributed by atoms with Gasteiger partial charge in [0.25, 0.3) is 0 Å². The van der Waals surface area contributed by atoms with Crippen LogP contribution < -0.4 is 4.74 Å². The van der Waals surface area contributed by atoms with E-state index in [1.165, 1.54) is 0 Å². The van der Waals surface area contributed by atoms with E-state index in [1.807, 2.05) is 30.7 Å². The minimum Gasteiger partial charge on any atom is -0.481 e. The second-order valence-electron chi connectivity index (χ2n) is 4.77. The summed E-state index contributed by atoms with van der Waals surface area (Å²) in [6.07, 6.45) is 7.38. The summed E-state index contributed by atoms with van der Waals surface area (Å²) in [6, 6.07) is 5.88. The minimum atomic E-state index is 0.581. The molecule has 0 aromatic carbocycles. The highest BCUT2D eigenvalue weighted by atomic mass is 32.1. The number of aromatic nitrogens is 4. The highest BCUT2D eigenvalue weighted by Crippen LogP contribution is 2.27. The van der Waals surface area contributed by atoms with Crippen molar-refractivity contribution >= 4 is 17.0 Å². The maximum absolute atomic E-state index is 5.16. The third-order valence-electron chi connectivity index (χ3n) is 3.47. The Bertz CT molecular complexity index is 930. The van der Waals surface area contributed by atoms with Gasteiger partial charge in [-0.2, -0.15) is 16.4 Å². The molecular weight excluding hydrogens is 296 g/mol. The van der Waals surface area contributed by atoms with Crippen LogP contribution in [0.2, 0.25) is 0 Å². The summed E-state index contributed by atoms with van der Waals surface area (Å²) in [7, 11) is 1.61. The molecule has 4 aromatic heterocycles. The Kier molecular flexibility index (Phi) is 3.08. The summed E-state index contributed by atoms with van der Waals surface area (Å²) >= 11 is 1.66. The highest BCUT2D eigenvalue weighted by molar-refractivity contribution is 7.08. The van der Waals surface area contributed by atoms with Gasteiger partial charge >= 0.3 is 0 Å². The van der Waals surface area contributed by atoms with E-state index in [4.69, 9.17) is 4.74 Å². The van der Waals surface area contributed by atoms with E-state index >= 15 is 0 Å². The first-order valence-electron chi connectivity index (χ1n) is 6.71. The molecule has 0 saturated carbocycles. The topological polar surface area (TPSA) is 52.3 Å². The summed E-state index contributed by atoms with van der Waals surface area (Å²) in [6.45, 7) is 0. The van der Waals surface area contributed by atoms with Gasteiger partial charge in [0.2, 0.25) is 5.88 Å². The van der Waals surface area contributed by atoms with E-state index in [2.05, 4.69) is 31.9 Å². The van der Waals surface area contributed by atoms with Gasteiger partial charge in [0.1, 0.15) is 0 Å². The second-order valence-corrected chi connectivity index (χ2v) is 5.55. The van der Waals surface area contributed by atoms with Gasteiger partial charge in [-0.05, 0) is 34.0 Å². The van der Waals surface area contributed by atoms with Crippen molar-refractivity contribution in [2.75, 3.05) is 7.11 Å². The van der Waals surface area contributed by atoms with Crippen molar-refractivity contribution < 1.29 is 4.74 Å². The van der Waals surface area contributed by atoms with Crippen molar-refractivity contribution in [1.82, 2.24) is 19.6 Å². The number of hydrogen-bond donors (Lipinski definition) is 0. The van der Waals surface area contributed by atoms with Crippen LogP contribution in [0.3, 0.4) is 0 Å². The first-order valence-corrected chi connectivity index (χ1v) is 7.66. The first-order chi connectivity index (χ1) is 10.8. The molecule has 0 atom stereocenters. The van der Waals surface area contributed by atoms with Gasteiger partial charge in [-0.3, -0.25) is 0 Å². The summed E-state index contributed by atoms with van der Waals surface area (Å²) in [5.74, 6) is 0.581. The molecule has 0 spiro atoms. The molecule has 0 bridgehead atoms. The number of thiophene rings is 1. The van der Waals surface area contributed by atoms with Crippen LogP contribution in [-0.4, -0.2) is 26.7 Å². The van der Waals surface area contributed by atoms with Crippen LogP contribution >= 0.6 is 11.3 Å². The lowest BCUT2D eigenvalue weighted by atomic mass is 10.1. The predicted octanol–water partition coefficient (Wildman–Crippen LogP) is 3.53. The van der Waals surface area contributed by atoms with Crippen LogP contribution in [0.5, 0.6) is 5.88 Å². The normalized spacial score (nSPS) is 11.0. The van der Waals surface area contributed by atoms with Gasteiger partial charge in [-0.1, -0.05) is 0 Å². The van der Waals surface area contributed by atoms with E-state index in [-0.39, 0.29) is 0 Å². The van der Waals surface area contributed by atoms with Gasteiger partial charge < -0.3 is 4.74 Å². The van der Waals surface area contributed by atoms with Crippen molar-refractivity contribution in [2.24, 2.45) is 0 Å². The molecule has 108 valence electrons. The smallest absolute Gasteiger partial charge is 0.213 e. The lowest BCUT2D eigenvalue weighted by molar-refractivity contribution is 0.398. The minimum absolute atomic E-state index is 0.581. The lowest BCUT2D eigenvalue weighted by Gasteiger charge is -2.04. The van der Waals surface area contributed by atoms with E-state index in [9.17, 15) is 0 Å². The van der Waals surface area contributed by atoms with Crippen LogP contribution in [0.15, 0.2) is 53.7 Å². The Morgan fingerprint density at radius 3 is 2.86 bits per heavy atom. The standard InChI is InChI=1S/C16H12N4OS/c1-21-15-6-11(2-4-17-15)13-7-18-16-14(8-19-20(16)9-13)12-3-5-22-10-12/h2-10H,1H3. The van der Waals surface area contributed by atoms with E-state index in [0.717, 1.165) is 27.9 Å². The van der Waals surface area contributed by atoms with Crippen molar-refractivity contribution in [1.29, 1.82) is 0 Å². The van der Waals surface area contributed by atoms with Crippen LogP contribution in [-0.2, 0) is 0 Å². The number of rotatable bonds is 3. The summed E-state index contributed by atoms with van der Waals surface area (Å²) < 4.78 is 6.96. The maximum atomic E-state index is 5.16. The van der Waals surface area contributed by atoms with Crippen LogP contribution in [0.25, 0.3) is 27.9 Å². The molecule has 0 N–H and O–H groups in total. The molecule has 0 aliphatic rings. The Morgan fingerprint density at radius 2 is 2.05 bits per heavy atom. The molecule has 4 heterocycles. The van der Waals surface area contributed by atoms with Gasteiger partial charge in [0, 0.05) is 35.8 Å². The summed E-state index contributed by atoms with van der Waals surface area (Å²) in [5, 5.41) is 8.56. The van der Waals surface area contributed by atoms with Crippen LogP contribution in [0.1, 0.15) is 0 Å². The Labute approximate surface area is 130 Å². The molecule has 0 unspecified atom stereocenters. The van der Waals surface area contributed by atoms with Crippen molar-refractivity contribution in [3.63, 3.8) is 0 Å². The number of fused-ring (bicyclic) bond motifs is 1. The fraction of sp³-hybridized carbons (Fsp3) is 0.0625. The highest BCUT2D eigenvalue weighted by Gasteiger charge is 2.10. The molecule has 0 amide bonds. The quantitative estimate of drug-likeness (QED) is 0.581. The Morgan fingerprint density at radius 1 is 1.09 bits per heavy atom. The largest absolute Gasteiger partial charge is 0.481 e. The zero-order chi connectivity index (χ0) is 14.9. The Hall–Kier alpha value is -2.73. The number of ether oxygens (including phenoxy) is 1. The molecule has 0 aliphatic carbocycles. The third-order valence-corrected chi connectivity index (χ3v) is 4.15. The molecule has 4 aromatic rings. The monoisotopic (exact) mass is 308 g/mol. The van der Waals surface area contributed by atoms with Gasteiger partial charge in [-0.25, -0.2) is 14.5 Å². The third kappa shape index (κ3) is 2.14. The molecule has 5 nitrogen and oxygen atoms in total. The lowest BCUT2D eigenvalue weighted by Crippen LogP contribution is -1.93. The average Bonchev–Trinajstić information content (AvgIpc) is 3.23.